The molecule has 0 saturated carbocycles. The Labute approximate surface area is 36.4 Å². The van der Waals surface area contributed by atoms with E-state index in [1.54, 1.807) is 9.47 Å². The molecule has 0 aromatic rings. The Morgan fingerprint density at radius 3 is 1.80 bits per heavy atom. The van der Waals surface area contributed by atoms with Crippen LogP contribution in [0.25, 0.3) is 0 Å². The quantitative estimate of drug-likeness (QED) is 0.472. The maximum absolute atomic E-state index is 9.24. The van der Waals surface area contributed by atoms with Gasteiger partial charge < -0.3 is 0 Å². The van der Waals surface area contributed by atoms with Crippen LogP contribution >= 0.6 is 9.47 Å². The third-order valence-electron chi connectivity index (χ3n) is 0.0861. The molecule has 0 amide bonds. The van der Waals surface area contributed by atoms with Gasteiger partial charge in [0.1, 0.15) is 0 Å². The van der Waals surface area contributed by atoms with Gasteiger partial charge in [0.15, 0.2) is 0 Å². The topological polar surface area (TPSA) is 43.4 Å². The first-order chi connectivity index (χ1) is 2.27. The summed E-state index contributed by atoms with van der Waals surface area (Å²) in [5, 5.41) is 0. The zero-order valence-electron chi connectivity index (χ0n) is 2.25. The summed E-state index contributed by atoms with van der Waals surface area (Å²) in [7, 11) is 1.63. The summed E-state index contributed by atoms with van der Waals surface area (Å²) in [6.45, 7) is 0. The standard InChI is InChI=1S/H2OP.2O.V/c1-2;;;/h2H2;;;/q-1;;;+1. The minimum atomic E-state index is -3.24. The maximum atomic E-state index is 9.24. The molecular formula is H2O3PV. The van der Waals surface area contributed by atoms with Crippen molar-refractivity contribution in [2.24, 2.45) is 0 Å². The SMILES string of the molecule is [O]=[V](=[O])[O]P. The summed E-state index contributed by atoms with van der Waals surface area (Å²) in [5.41, 5.74) is 0. The van der Waals surface area contributed by atoms with Crippen molar-refractivity contribution in [3.8, 4) is 0 Å². The van der Waals surface area contributed by atoms with Crippen LogP contribution in [0.1, 0.15) is 0 Å². The van der Waals surface area contributed by atoms with Crippen LogP contribution in [0.4, 0.5) is 0 Å². The molecule has 0 aliphatic rings. The van der Waals surface area contributed by atoms with Crippen LogP contribution in [0.2, 0.25) is 0 Å². The van der Waals surface area contributed by atoms with Gasteiger partial charge in [0.25, 0.3) is 0 Å². The fraction of sp³-hybridized carbons (Fsp3) is 0. The first-order valence-electron chi connectivity index (χ1n) is 0.783. The number of hydrogen-bond acceptors (Lipinski definition) is 3. The second kappa shape index (κ2) is 2.79. The fourth-order valence-corrected chi connectivity index (χ4v) is 0. The molecule has 0 aliphatic carbocycles. The van der Waals surface area contributed by atoms with Gasteiger partial charge in [-0.25, -0.2) is 0 Å². The van der Waals surface area contributed by atoms with Crippen LogP contribution in [-0.4, -0.2) is 0 Å². The van der Waals surface area contributed by atoms with Crippen molar-refractivity contribution in [2.45, 2.75) is 0 Å². The van der Waals surface area contributed by atoms with Crippen molar-refractivity contribution in [3.63, 3.8) is 0 Å². The third-order valence-corrected chi connectivity index (χ3v) is 1.06. The molecule has 1 atom stereocenters. The molecule has 3 nitrogen and oxygen atoms in total. The molecule has 0 radical (unpaired) electrons. The van der Waals surface area contributed by atoms with Crippen molar-refractivity contribution in [1.29, 1.82) is 0 Å². The van der Waals surface area contributed by atoms with Crippen molar-refractivity contribution < 1.29 is 26.2 Å². The van der Waals surface area contributed by atoms with Gasteiger partial charge in [-0.1, -0.05) is 0 Å². The van der Waals surface area contributed by atoms with E-state index in [1.165, 1.54) is 0 Å². The van der Waals surface area contributed by atoms with Crippen molar-refractivity contribution in [3.05, 3.63) is 0 Å². The zero-order chi connectivity index (χ0) is 4.28. The number of rotatable bonds is 1. The van der Waals surface area contributed by atoms with Crippen LogP contribution in [0.3, 0.4) is 0 Å². The van der Waals surface area contributed by atoms with Gasteiger partial charge >= 0.3 is 35.7 Å². The van der Waals surface area contributed by atoms with Crippen molar-refractivity contribution in [1.82, 2.24) is 0 Å². The molecular weight excluding hydrogens is 130 g/mol. The monoisotopic (exact) mass is 132 g/mol. The summed E-state index contributed by atoms with van der Waals surface area (Å²) in [6, 6.07) is 0. The molecule has 0 rings (SSSR count). The first kappa shape index (κ1) is 5.57. The van der Waals surface area contributed by atoms with E-state index in [2.05, 4.69) is 3.45 Å². The predicted octanol–water partition coefficient (Wildman–Crippen LogP) is 0.0173. The van der Waals surface area contributed by atoms with E-state index in [4.69, 9.17) is 0 Å². The molecule has 0 heterocycles. The Morgan fingerprint density at radius 1 is 1.60 bits per heavy atom. The molecule has 5 heteroatoms. The van der Waals surface area contributed by atoms with Crippen LogP contribution < -0.4 is 0 Å². The van der Waals surface area contributed by atoms with Gasteiger partial charge in [-0.2, -0.15) is 0 Å². The summed E-state index contributed by atoms with van der Waals surface area (Å²) in [5.74, 6) is 0. The molecule has 0 aromatic carbocycles. The van der Waals surface area contributed by atoms with Gasteiger partial charge in [0, 0.05) is 0 Å². The Hall–Kier alpha value is 0.574. The Balaban J connectivity index is 3.23. The number of hydrogen-bond donors (Lipinski definition) is 0. The molecule has 0 aliphatic heterocycles. The fourth-order valence-electron chi connectivity index (χ4n) is 0. The zero-order valence-corrected chi connectivity index (χ0v) is 4.80. The van der Waals surface area contributed by atoms with Gasteiger partial charge in [-0.15, -0.1) is 0 Å². The van der Waals surface area contributed by atoms with Crippen molar-refractivity contribution in [2.75, 3.05) is 0 Å². The van der Waals surface area contributed by atoms with Crippen LogP contribution in [-0.2, 0) is 26.2 Å². The Morgan fingerprint density at radius 2 is 1.80 bits per heavy atom. The van der Waals surface area contributed by atoms with Gasteiger partial charge in [-0.3, -0.25) is 0 Å². The van der Waals surface area contributed by atoms with E-state index < -0.39 is 15.4 Å². The third kappa shape index (κ3) is 4.57. The van der Waals surface area contributed by atoms with E-state index in [-0.39, 0.29) is 0 Å². The van der Waals surface area contributed by atoms with Crippen LogP contribution in [0, 0.1) is 0 Å². The van der Waals surface area contributed by atoms with E-state index >= 15 is 0 Å². The van der Waals surface area contributed by atoms with Crippen LogP contribution in [0.5, 0.6) is 0 Å². The van der Waals surface area contributed by atoms with E-state index in [0.717, 1.165) is 0 Å². The minimum absolute atomic E-state index is 1.63. The summed E-state index contributed by atoms with van der Waals surface area (Å²) < 4.78 is 22.2. The van der Waals surface area contributed by atoms with Gasteiger partial charge in [0.05, 0.1) is 0 Å². The normalized spacial score (nSPS) is 7.40. The van der Waals surface area contributed by atoms with E-state index in [1.807, 2.05) is 0 Å². The Kier molecular flexibility index (Phi) is 3.11. The van der Waals surface area contributed by atoms with E-state index in [0.29, 0.717) is 0 Å². The second-order valence-corrected chi connectivity index (χ2v) is 2.23. The van der Waals surface area contributed by atoms with E-state index in [9.17, 15) is 7.35 Å². The average Bonchev–Trinajstić information content (AvgIpc) is 1.38. The van der Waals surface area contributed by atoms with Gasteiger partial charge in [-0.05, 0) is 0 Å². The molecule has 0 aromatic heterocycles. The van der Waals surface area contributed by atoms with Crippen LogP contribution in [0.15, 0.2) is 0 Å². The summed E-state index contributed by atoms with van der Waals surface area (Å²) >= 11 is -3.24. The molecule has 5 heavy (non-hydrogen) atoms. The Bertz CT molecular complexity index is 65.0. The summed E-state index contributed by atoms with van der Waals surface area (Å²) in [6.07, 6.45) is 0. The predicted molar refractivity (Wildman–Crippen MR) is 12.2 cm³/mol. The molecule has 0 fully saturated rings. The second-order valence-electron chi connectivity index (χ2n) is 0.329. The molecule has 0 N–H and O–H groups in total. The molecule has 1 unspecified atom stereocenters. The van der Waals surface area contributed by atoms with Crippen molar-refractivity contribution >= 4 is 9.47 Å². The van der Waals surface area contributed by atoms with Gasteiger partial charge in [0.2, 0.25) is 0 Å². The molecule has 0 saturated heterocycles. The first-order valence-corrected chi connectivity index (χ1v) is 2.97. The summed E-state index contributed by atoms with van der Waals surface area (Å²) in [4.78, 5) is 0. The average molecular weight is 132 g/mol. The molecule has 0 spiro atoms. The molecule has 0 bridgehead atoms. The molecule has 30 valence electrons.